The van der Waals surface area contributed by atoms with Crippen LogP contribution in [0.25, 0.3) is 0 Å². The Morgan fingerprint density at radius 1 is 1.41 bits per heavy atom. The Labute approximate surface area is 96.1 Å². The zero-order valence-electron chi connectivity index (χ0n) is 9.04. The van der Waals surface area contributed by atoms with Crippen LogP contribution in [0.15, 0.2) is 18.5 Å². The fourth-order valence-electron chi connectivity index (χ4n) is 1.42. The zero-order valence-corrected chi connectivity index (χ0v) is 9.04. The van der Waals surface area contributed by atoms with Gasteiger partial charge in [0.15, 0.2) is 11.6 Å². The van der Waals surface area contributed by atoms with E-state index in [0.717, 1.165) is 6.07 Å². The number of benzene rings is 1. The molecule has 0 fully saturated rings. The van der Waals surface area contributed by atoms with Crippen LogP contribution in [0.3, 0.4) is 0 Å². The van der Waals surface area contributed by atoms with Crippen LogP contribution in [0, 0.1) is 11.6 Å². The number of nitrogens with one attached hydrogen (secondary N) is 2. The summed E-state index contributed by atoms with van der Waals surface area (Å²) in [6.07, 6.45) is 1.33. The molecular weight excluding hydrogens is 228 g/mol. The van der Waals surface area contributed by atoms with Crippen molar-refractivity contribution in [3.05, 3.63) is 35.9 Å². The van der Waals surface area contributed by atoms with Crippen LogP contribution < -0.4 is 11.1 Å². The predicted octanol–water partition coefficient (Wildman–Crippen LogP) is 1.84. The third-order valence-electron chi connectivity index (χ3n) is 2.33. The molecule has 0 bridgehead atoms. The summed E-state index contributed by atoms with van der Waals surface area (Å²) in [5.74, 6) is -1.45. The molecule has 1 heterocycles. The van der Waals surface area contributed by atoms with Gasteiger partial charge in [-0.05, 0) is 19.1 Å². The number of nitrogens with two attached hydrogens (primary N) is 1. The lowest BCUT2D eigenvalue weighted by atomic mass is 10.2. The van der Waals surface area contributed by atoms with Crippen LogP contribution in [-0.4, -0.2) is 15.2 Å². The highest BCUT2D eigenvalue weighted by Crippen LogP contribution is 2.27. The molecule has 17 heavy (non-hydrogen) atoms. The van der Waals surface area contributed by atoms with Crippen molar-refractivity contribution >= 4 is 11.4 Å². The fourth-order valence-corrected chi connectivity index (χ4v) is 1.42. The number of aromatic nitrogens is 3. The standard InChI is InChI=1S/C10H11F2N5/c1-5(10-14-4-15-17-10)16-9-7(13)3-2-6(11)8(9)12/h2-5,16H,13H2,1H3,(H,14,15,17). The number of anilines is 2. The van der Waals surface area contributed by atoms with Gasteiger partial charge in [-0.15, -0.1) is 0 Å². The lowest BCUT2D eigenvalue weighted by Gasteiger charge is -2.15. The van der Waals surface area contributed by atoms with Crippen molar-refractivity contribution in [1.82, 2.24) is 15.2 Å². The fraction of sp³-hybridized carbons (Fsp3) is 0.200. The van der Waals surface area contributed by atoms with Crippen molar-refractivity contribution in [2.75, 3.05) is 11.1 Å². The molecule has 7 heteroatoms. The van der Waals surface area contributed by atoms with Crippen molar-refractivity contribution in [3.63, 3.8) is 0 Å². The molecule has 0 radical (unpaired) electrons. The second kappa shape index (κ2) is 4.36. The molecule has 1 aromatic heterocycles. The Kier molecular flexibility index (Phi) is 2.90. The molecule has 0 amide bonds. The van der Waals surface area contributed by atoms with Gasteiger partial charge in [0.05, 0.1) is 17.4 Å². The van der Waals surface area contributed by atoms with E-state index in [0.29, 0.717) is 5.82 Å². The molecule has 1 unspecified atom stereocenters. The van der Waals surface area contributed by atoms with E-state index in [1.54, 1.807) is 6.92 Å². The second-order valence-electron chi connectivity index (χ2n) is 3.56. The van der Waals surface area contributed by atoms with Gasteiger partial charge in [-0.1, -0.05) is 0 Å². The lowest BCUT2D eigenvalue weighted by molar-refractivity contribution is 0.510. The lowest BCUT2D eigenvalue weighted by Crippen LogP contribution is -2.12. The summed E-state index contributed by atoms with van der Waals surface area (Å²) < 4.78 is 26.5. The van der Waals surface area contributed by atoms with E-state index < -0.39 is 11.6 Å². The topological polar surface area (TPSA) is 79.6 Å². The Bertz CT molecular complexity index is 512. The number of hydrogen-bond acceptors (Lipinski definition) is 4. The van der Waals surface area contributed by atoms with Crippen LogP contribution >= 0.6 is 0 Å². The van der Waals surface area contributed by atoms with E-state index in [1.807, 2.05) is 0 Å². The van der Waals surface area contributed by atoms with Gasteiger partial charge >= 0.3 is 0 Å². The summed E-state index contributed by atoms with van der Waals surface area (Å²) >= 11 is 0. The molecule has 4 N–H and O–H groups in total. The van der Waals surface area contributed by atoms with Crippen molar-refractivity contribution in [3.8, 4) is 0 Å². The smallest absolute Gasteiger partial charge is 0.183 e. The number of nitrogen functional groups attached to an aromatic ring is 1. The first-order valence-corrected chi connectivity index (χ1v) is 4.95. The van der Waals surface area contributed by atoms with Gasteiger partial charge in [-0.3, -0.25) is 5.10 Å². The molecule has 1 aromatic carbocycles. The van der Waals surface area contributed by atoms with Crippen LogP contribution in [0.5, 0.6) is 0 Å². The molecule has 0 saturated heterocycles. The number of aromatic amines is 1. The third-order valence-corrected chi connectivity index (χ3v) is 2.33. The molecule has 0 aliphatic carbocycles. The van der Waals surface area contributed by atoms with E-state index in [4.69, 9.17) is 5.73 Å². The van der Waals surface area contributed by atoms with E-state index in [1.165, 1.54) is 12.4 Å². The highest BCUT2D eigenvalue weighted by molar-refractivity contribution is 5.67. The van der Waals surface area contributed by atoms with E-state index in [-0.39, 0.29) is 17.4 Å². The number of H-pyrrole nitrogens is 1. The molecule has 0 saturated carbocycles. The largest absolute Gasteiger partial charge is 0.397 e. The Hall–Kier alpha value is -2.18. The van der Waals surface area contributed by atoms with Gasteiger partial charge in [0.25, 0.3) is 0 Å². The number of halogens is 2. The molecular formula is C10H11F2N5. The summed E-state index contributed by atoms with van der Waals surface area (Å²) in [6.45, 7) is 1.73. The van der Waals surface area contributed by atoms with Crippen molar-refractivity contribution in [1.29, 1.82) is 0 Å². The van der Waals surface area contributed by atoms with Gasteiger partial charge in [0.2, 0.25) is 0 Å². The average molecular weight is 239 g/mol. The van der Waals surface area contributed by atoms with Crippen molar-refractivity contribution in [2.24, 2.45) is 0 Å². The van der Waals surface area contributed by atoms with Crippen molar-refractivity contribution < 1.29 is 8.78 Å². The number of hydrogen-bond donors (Lipinski definition) is 3. The van der Waals surface area contributed by atoms with Crippen LogP contribution in [-0.2, 0) is 0 Å². The second-order valence-corrected chi connectivity index (χ2v) is 3.56. The molecule has 0 aliphatic rings. The summed E-state index contributed by atoms with van der Waals surface area (Å²) in [7, 11) is 0. The highest BCUT2D eigenvalue weighted by Gasteiger charge is 2.16. The summed E-state index contributed by atoms with van der Waals surface area (Å²) in [5.41, 5.74) is 5.64. The maximum atomic E-state index is 13.5. The molecule has 5 nitrogen and oxygen atoms in total. The first kappa shape index (κ1) is 11.3. The quantitative estimate of drug-likeness (QED) is 0.714. The first-order valence-electron chi connectivity index (χ1n) is 4.95. The monoisotopic (exact) mass is 239 g/mol. The SMILES string of the molecule is CC(Nc1c(N)ccc(F)c1F)c1ncn[nH]1. The Morgan fingerprint density at radius 2 is 2.18 bits per heavy atom. The van der Waals surface area contributed by atoms with Crippen LogP contribution in [0.2, 0.25) is 0 Å². The summed E-state index contributed by atoms with van der Waals surface area (Å²) in [5, 5.41) is 9.05. The molecule has 2 rings (SSSR count). The van der Waals surface area contributed by atoms with Gasteiger partial charge in [-0.25, -0.2) is 13.8 Å². The van der Waals surface area contributed by atoms with Gasteiger partial charge in [-0.2, -0.15) is 5.10 Å². The van der Waals surface area contributed by atoms with Crippen LogP contribution in [0.4, 0.5) is 20.2 Å². The maximum absolute atomic E-state index is 13.5. The van der Waals surface area contributed by atoms with Crippen LogP contribution in [0.1, 0.15) is 18.8 Å². The Balaban J connectivity index is 2.27. The molecule has 2 aromatic rings. The Morgan fingerprint density at radius 3 is 2.82 bits per heavy atom. The van der Waals surface area contributed by atoms with E-state index >= 15 is 0 Å². The molecule has 0 aliphatic heterocycles. The number of rotatable bonds is 3. The first-order chi connectivity index (χ1) is 8.09. The predicted molar refractivity (Wildman–Crippen MR) is 59.2 cm³/mol. The minimum Gasteiger partial charge on any atom is -0.397 e. The van der Waals surface area contributed by atoms with E-state index in [2.05, 4.69) is 20.5 Å². The normalized spacial score (nSPS) is 12.4. The molecule has 90 valence electrons. The van der Waals surface area contributed by atoms with Crippen molar-refractivity contribution in [2.45, 2.75) is 13.0 Å². The van der Waals surface area contributed by atoms with Gasteiger partial charge in [0, 0.05) is 0 Å². The highest BCUT2D eigenvalue weighted by atomic mass is 19.2. The van der Waals surface area contributed by atoms with Gasteiger partial charge in [0.1, 0.15) is 12.2 Å². The summed E-state index contributed by atoms with van der Waals surface area (Å²) in [6, 6.07) is 1.92. The maximum Gasteiger partial charge on any atom is 0.183 e. The molecule has 0 spiro atoms. The minimum atomic E-state index is -1.00. The van der Waals surface area contributed by atoms with E-state index in [9.17, 15) is 8.78 Å². The third kappa shape index (κ3) is 2.17. The van der Waals surface area contributed by atoms with Gasteiger partial charge < -0.3 is 11.1 Å². The number of nitrogens with zero attached hydrogens (tertiary/aromatic N) is 2. The summed E-state index contributed by atoms with van der Waals surface area (Å²) in [4.78, 5) is 3.91. The minimum absolute atomic E-state index is 0.0751. The zero-order chi connectivity index (χ0) is 12.4. The average Bonchev–Trinajstić information content (AvgIpc) is 2.83. The molecule has 1 atom stereocenters.